The van der Waals surface area contributed by atoms with E-state index in [1.807, 2.05) is 0 Å². The lowest BCUT2D eigenvalue weighted by Gasteiger charge is -2.10. The van der Waals surface area contributed by atoms with Gasteiger partial charge in [-0.05, 0) is 25.5 Å². The van der Waals surface area contributed by atoms with Gasteiger partial charge in [0.05, 0.1) is 10.5 Å². The summed E-state index contributed by atoms with van der Waals surface area (Å²) >= 11 is 0. The van der Waals surface area contributed by atoms with Crippen molar-refractivity contribution in [3.8, 4) is 0 Å². The van der Waals surface area contributed by atoms with Crippen molar-refractivity contribution < 1.29 is 9.72 Å². The number of nitrogens with zero attached hydrogens (tertiary/aromatic N) is 1. The molecule has 0 saturated heterocycles. The number of rotatable bonds is 7. The van der Waals surface area contributed by atoms with Crippen LogP contribution in [0.3, 0.4) is 0 Å². The lowest BCUT2D eigenvalue weighted by Crippen LogP contribution is -2.16. The summed E-state index contributed by atoms with van der Waals surface area (Å²) in [6.45, 7) is 1.06. The Kier molecular flexibility index (Phi) is 5.06. The number of hydrogen-bond donors (Lipinski definition) is 3. The van der Waals surface area contributed by atoms with E-state index in [1.165, 1.54) is 18.2 Å². The van der Waals surface area contributed by atoms with Crippen molar-refractivity contribution in [1.82, 2.24) is 0 Å². The van der Waals surface area contributed by atoms with Crippen LogP contribution in [0.5, 0.6) is 0 Å². The van der Waals surface area contributed by atoms with E-state index in [1.54, 1.807) is 0 Å². The molecular weight excluding hydrogens is 236 g/mol. The van der Waals surface area contributed by atoms with Gasteiger partial charge in [-0.25, -0.2) is 0 Å². The Balaban J connectivity index is 2.96. The third-order valence-corrected chi connectivity index (χ3v) is 2.44. The van der Waals surface area contributed by atoms with Crippen molar-refractivity contribution in [2.45, 2.75) is 12.8 Å². The Labute approximate surface area is 104 Å². The summed E-state index contributed by atoms with van der Waals surface area (Å²) in [6.07, 6.45) is 1.57. The minimum Gasteiger partial charge on any atom is -0.379 e. The lowest BCUT2D eigenvalue weighted by molar-refractivity contribution is -0.384. The van der Waals surface area contributed by atoms with E-state index in [9.17, 15) is 14.9 Å². The molecule has 0 saturated carbocycles. The molecule has 18 heavy (non-hydrogen) atoms. The maximum absolute atomic E-state index is 11.2. The molecule has 0 aliphatic rings. The van der Waals surface area contributed by atoms with Crippen LogP contribution in [0.1, 0.15) is 23.2 Å². The normalized spacial score (nSPS) is 10.1. The number of para-hydroxylation sites is 1. The molecule has 1 aromatic carbocycles. The predicted molar refractivity (Wildman–Crippen MR) is 68.4 cm³/mol. The number of nitro groups is 1. The number of anilines is 1. The highest BCUT2D eigenvalue weighted by atomic mass is 16.6. The van der Waals surface area contributed by atoms with Crippen LogP contribution in [0.2, 0.25) is 0 Å². The van der Waals surface area contributed by atoms with E-state index in [4.69, 9.17) is 11.5 Å². The second-order valence-corrected chi connectivity index (χ2v) is 3.74. The van der Waals surface area contributed by atoms with Crippen molar-refractivity contribution >= 4 is 17.3 Å². The summed E-state index contributed by atoms with van der Waals surface area (Å²) in [7, 11) is 0. The summed E-state index contributed by atoms with van der Waals surface area (Å²) < 4.78 is 0. The predicted octanol–water partition coefficient (Wildman–Crippen LogP) is 0.845. The number of amides is 1. The SMILES string of the molecule is NCCCCNc1c(C(N)=O)cccc1[N+](=O)[O-]. The van der Waals surface area contributed by atoms with Crippen molar-refractivity contribution in [2.75, 3.05) is 18.4 Å². The molecule has 5 N–H and O–H groups in total. The molecule has 0 heterocycles. The first-order chi connectivity index (χ1) is 8.57. The second-order valence-electron chi connectivity index (χ2n) is 3.74. The summed E-state index contributed by atoms with van der Waals surface area (Å²) in [5.74, 6) is -0.694. The Morgan fingerprint density at radius 3 is 2.67 bits per heavy atom. The largest absolute Gasteiger partial charge is 0.379 e. The van der Waals surface area contributed by atoms with Crippen LogP contribution in [0.4, 0.5) is 11.4 Å². The fraction of sp³-hybridized carbons (Fsp3) is 0.364. The van der Waals surface area contributed by atoms with Gasteiger partial charge in [0.15, 0.2) is 0 Å². The van der Waals surface area contributed by atoms with Crippen molar-refractivity contribution in [2.24, 2.45) is 11.5 Å². The maximum Gasteiger partial charge on any atom is 0.293 e. The van der Waals surface area contributed by atoms with Crippen LogP contribution in [-0.2, 0) is 0 Å². The number of nitrogens with two attached hydrogens (primary N) is 2. The third kappa shape index (κ3) is 3.42. The van der Waals surface area contributed by atoms with Crippen LogP contribution in [0.15, 0.2) is 18.2 Å². The molecule has 0 aliphatic heterocycles. The molecular formula is C11H16N4O3. The van der Waals surface area contributed by atoms with Crippen LogP contribution < -0.4 is 16.8 Å². The number of benzene rings is 1. The molecule has 0 spiro atoms. The summed E-state index contributed by atoms with van der Waals surface area (Å²) in [6, 6.07) is 4.22. The molecule has 1 aromatic rings. The molecule has 0 aliphatic carbocycles. The van der Waals surface area contributed by atoms with Crippen LogP contribution in [0, 0.1) is 10.1 Å². The summed E-state index contributed by atoms with van der Waals surface area (Å²) in [4.78, 5) is 21.6. The van der Waals surface area contributed by atoms with Gasteiger partial charge < -0.3 is 16.8 Å². The number of primary amides is 1. The average molecular weight is 252 g/mol. The quantitative estimate of drug-likeness (QED) is 0.377. The minimum absolute atomic E-state index is 0.122. The summed E-state index contributed by atoms with van der Waals surface area (Å²) in [5.41, 5.74) is 10.7. The van der Waals surface area contributed by atoms with Gasteiger partial charge in [0.2, 0.25) is 0 Å². The molecule has 0 radical (unpaired) electrons. The van der Waals surface area contributed by atoms with Gasteiger partial charge in [-0.2, -0.15) is 0 Å². The number of hydrogen-bond acceptors (Lipinski definition) is 5. The van der Waals surface area contributed by atoms with Crippen molar-refractivity contribution in [1.29, 1.82) is 0 Å². The smallest absolute Gasteiger partial charge is 0.293 e. The van der Waals surface area contributed by atoms with E-state index in [0.29, 0.717) is 13.1 Å². The Bertz CT molecular complexity index is 416. The minimum atomic E-state index is -0.694. The molecule has 0 fully saturated rings. The zero-order valence-electron chi connectivity index (χ0n) is 9.89. The van der Waals surface area contributed by atoms with Crippen LogP contribution in [-0.4, -0.2) is 23.9 Å². The standard InChI is InChI=1S/C11H16N4O3/c12-6-1-2-7-14-10-8(11(13)16)4-3-5-9(10)15(17)18/h3-5,14H,1-2,6-7,12H2,(H2,13,16). The van der Waals surface area contributed by atoms with E-state index in [2.05, 4.69) is 5.32 Å². The van der Waals surface area contributed by atoms with Gasteiger partial charge in [-0.3, -0.25) is 14.9 Å². The zero-order valence-corrected chi connectivity index (χ0v) is 9.89. The van der Waals surface area contributed by atoms with Crippen molar-refractivity contribution in [3.63, 3.8) is 0 Å². The Morgan fingerprint density at radius 1 is 1.39 bits per heavy atom. The van der Waals surface area contributed by atoms with Gasteiger partial charge in [0, 0.05) is 12.6 Å². The maximum atomic E-state index is 11.2. The van der Waals surface area contributed by atoms with Gasteiger partial charge in [-0.1, -0.05) is 6.07 Å². The molecule has 7 nitrogen and oxygen atoms in total. The molecule has 0 bridgehead atoms. The van der Waals surface area contributed by atoms with E-state index in [-0.39, 0.29) is 16.9 Å². The van der Waals surface area contributed by atoms with Gasteiger partial charge >= 0.3 is 0 Å². The molecule has 98 valence electrons. The highest BCUT2D eigenvalue weighted by Crippen LogP contribution is 2.27. The third-order valence-electron chi connectivity index (χ3n) is 2.44. The number of nitrogens with one attached hydrogen (secondary N) is 1. The number of unbranched alkanes of at least 4 members (excludes halogenated alkanes) is 1. The zero-order chi connectivity index (χ0) is 13.5. The monoisotopic (exact) mass is 252 g/mol. The number of carbonyl (C=O) groups is 1. The fourth-order valence-electron chi connectivity index (χ4n) is 1.57. The lowest BCUT2D eigenvalue weighted by atomic mass is 10.1. The molecule has 1 amide bonds. The van der Waals surface area contributed by atoms with Gasteiger partial charge in [0.1, 0.15) is 5.69 Å². The Hall–Kier alpha value is -2.15. The first-order valence-corrected chi connectivity index (χ1v) is 5.59. The molecule has 0 aromatic heterocycles. The number of nitro benzene ring substituents is 1. The van der Waals surface area contributed by atoms with Crippen LogP contribution >= 0.6 is 0 Å². The van der Waals surface area contributed by atoms with Crippen molar-refractivity contribution in [3.05, 3.63) is 33.9 Å². The van der Waals surface area contributed by atoms with E-state index in [0.717, 1.165) is 12.8 Å². The van der Waals surface area contributed by atoms with Gasteiger partial charge in [0.25, 0.3) is 11.6 Å². The summed E-state index contributed by atoms with van der Waals surface area (Å²) in [5, 5.41) is 13.8. The Morgan fingerprint density at radius 2 is 2.11 bits per heavy atom. The highest BCUT2D eigenvalue weighted by Gasteiger charge is 2.19. The van der Waals surface area contributed by atoms with Gasteiger partial charge in [-0.15, -0.1) is 0 Å². The van der Waals surface area contributed by atoms with E-state index >= 15 is 0 Å². The first-order valence-electron chi connectivity index (χ1n) is 5.59. The fourth-order valence-corrected chi connectivity index (χ4v) is 1.57. The molecule has 1 rings (SSSR count). The molecule has 0 unspecified atom stereocenters. The molecule has 0 atom stereocenters. The average Bonchev–Trinajstić information content (AvgIpc) is 2.34. The highest BCUT2D eigenvalue weighted by molar-refractivity contribution is 6.00. The van der Waals surface area contributed by atoms with Crippen LogP contribution in [0.25, 0.3) is 0 Å². The number of carbonyl (C=O) groups excluding carboxylic acids is 1. The van der Waals surface area contributed by atoms with E-state index < -0.39 is 10.8 Å². The second kappa shape index (κ2) is 6.55. The first kappa shape index (κ1) is 13.9. The topological polar surface area (TPSA) is 124 Å². The molecule has 7 heteroatoms.